The predicted molar refractivity (Wildman–Crippen MR) is 67.2 cm³/mol. The number of rotatable bonds is 5. The quantitative estimate of drug-likeness (QED) is 0.841. The minimum Gasteiger partial charge on any atom is -0.324 e. The molecule has 0 aliphatic rings. The molecule has 0 aromatic heterocycles. The molecule has 18 heavy (non-hydrogen) atoms. The smallest absolute Gasteiger partial charge is 0.324 e. The molecular weight excluding hydrogens is 239 g/mol. The van der Waals surface area contributed by atoms with Crippen molar-refractivity contribution in [2.24, 2.45) is 11.7 Å². The topological polar surface area (TPSA) is 26.0 Å². The first-order chi connectivity index (χ1) is 8.28. The SMILES string of the molecule is CC(C)Cc1cccc(C(N)CCC(F)(F)F)c1. The molecule has 1 unspecified atom stereocenters. The van der Waals surface area contributed by atoms with Crippen LogP contribution in [-0.4, -0.2) is 6.18 Å². The van der Waals surface area contributed by atoms with Crippen molar-refractivity contribution < 1.29 is 13.2 Å². The van der Waals surface area contributed by atoms with Crippen LogP contribution in [-0.2, 0) is 6.42 Å². The summed E-state index contributed by atoms with van der Waals surface area (Å²) in [5.74, 6) is 0.520. The lowest BCUT2D eigenvalue weighted by molar-refractivity contribution is -0.136. The van der Waals surface area contributed by atoms with E-state index in [-0.39, 0.29) is 6.42 Å². The van der Waals surface area contributed by atoms with Gasteiger partial charge in [-0.15, -0.1) is 0 Å². The Morgan fingerprint density at radius 1 is 1.22 bits per heavy atom. The highest BCUT2D eigenvalue weighted by Gasteiger charge is 2.27. The van der Waals surface area contributed by atoms with Gasteiger partial charge >= 0.3 is 6.18 Å². The number of alkyl halides is 3. The fourth-order valence-corrected chi connectivity index (χ4v) is 1.91. The van der Waals surface area contributed by atoms with Crippen molar-refractivity contribution in [3.05, 3.63) is 35.4 Å². The molecular formula is C14H20F3N. The van der Waals surface area contributed by atoms with Gasteiger partial charge in [0.05, 0.1) is 0 Å². The summed E-state index contributed by atoms with van der Waals surface area (Å²) >= 11 is 0. The van der Waals surface area contributed by atoms with Crippen molar-refractivity contribution >= 4 is 0 Å². The van der Waals surface area contributed by atoms with E-state index in [1.54, 1.807) is 6.07 Å². The van der Waals surface area contributed by atoms with Gasteiger partial charge in [0.15, 0.2) is 0 Å². The monoisotopic (exact) mass is 259 g/mol. The Bertz CT molecular complexity index is 372. The first-order valence-corrected chi connectivity index (χ1v) is 6.19. The molecule has 0 heterocycles. The van der Waals surface area contributed by atoms with Crippen LogP contribution in [0.25, 0.3) is 0 Å². The molecule has 0 radical (unpaired) electrons. The van der Waals surface area contributed by atoms with Crippen LogP contribution >= 0.6 is 0 Å². The highest BCUT2D eigenvalue weighted by molar-refractivity contribution is 5.26. The highest BCUT2D eigenvalue weighted by atomic mass is 19.4. The maximum atomic E-state index is 12.1. The zero-order valence-electron chi connectivity index (χ0n) is 10.8. The lowest BCUT2D eigenvalue weighted by Crippen LogP contribution is -2.16. The summed E-state index contributed by atoms with van der Waals surface area (Å²) in [5.41, 5.74) is 7.72. The summed E-state index contributed by atoms with van der Waals surface area (Å²) in [6.45, 7) is 4.21. The van der Waals surface area contributed by atoms with E-state index in [0.29, 0.717) is 5.92 Å². The molecule has 0 saturated heterocycles. The van der Waals surface area contributed by atoms with Gasteiger partial charge in [0.1, 0.15) is 0 Å². The Morgan fingerprint density at radius 2 is 1.89 bits per heavy atom. The normalized spacial score (nSPS) is 13.9. The minimum absolute atomic E-state index is 0.0609. The van der Waals surface area contributed by atoms with Gasteiger partial charge in [0.25, 0.3) is 0 Å². The molecule has 0 fully saturated rings. The molecule has 4 heteroatoms. The van der Waals surface area contributed by atoms with Crippen LogP contribution in [0.2, 0.25) is 0 Å². The highest BCUT2D eigenvalue weighted by Crippen LogP contribution is 2.26. The van der Waals surface area contributed by atoms with Crippen molar-refractivity contribution in [2.75, 3.05) is 0 Å². The van der Waals surface area contributed by atoms with E-state index in [1.165, 1.54) is 0 Å². The molecule has 1 nitrogen and oxygen atoms in total. The molecule has 0 aliphatic carbocycles. The van der Waals surface area contributed by atoms with Gasteiger partial charge in [0, 0.05) is 12.5 Å². The van der Waals surface area contributed by atoms with Crippen molar-refractivity contribution in [2.45, 2.75) is 45.3 Å². The van der Waals surface area contributed by atoms with Gasteiger partial charge in [-0.1, -0.05) is 38.1 Å². The number of benzene rings is 1. The molecule has 1 aromatic carbocycles. The van der Waals surface area contributed by atoms with Crippen molar-refractivity contribution in [1.82, 2.24) is 0 Å². The molecule has 0 amide bonds. The van der Waals surface area contributed by atoms with Gasteiger partial charge < -0.3 is 5.73 Å². The van der Waals surface area contributed by atoms with E-state index >= 15 is 0 Å². The van der Waals surface area contributed by atoms with Crippen LogP contribution in [0.1, 0.15) is 43.9 Å². The summed E-state index contributed by atoms with van der Waals surface area (Å²) in [6.07, 6.45) is -4.11. The van der Waals surface area contributed by atoms with Gasteiger partial charge in [-0.2, -0.15) is 13.2 Å². The Morgan fingerprint density at radius 3 is 2.44 bits per heavy atom. The zero-order chi connectivity index (χ0) is 13.8. The van der Waals surface area contributed by atoms with Gasteiger partial charge in [-0.05, 0) is 29.9 Å². The first-order valence-electron chi connectivity index (χ1n) is 6.19. The predicted octanol–water partition coefficient (Wildman–Crippen LogP) is 4.23. The molecule has 0 aliphatic heterocycles. The van der Waals surface area contributed by atoms with Crippen LogP contribution in [0.5, 0.6) is 0 Å². The molecule has 0 bridgehead atoms. The van der Waals surface area contributed by atoms with Crippen molar-refractivity contribution in [3.63, 3.8) is 0 Å². The molecule has 2 N–H and O–H groups in total. The maximum Gasteiger partial charge on any atom is 0.389 e. The zero-order valence-corrected chi connectivity index (χ0v) is 10.8. The van der Waals surface area contributed by atoms with Crippen LogP contribution in [0.3, 0.4) is 0 Å². The lowest BCUT2D eigenvalue weighted by atomic mass is 9.97. The Balaban J connectivity index is 2.65. The van der Waals surface area contributed by atoms with Crippen molar-refractivity contribution in [1.29, 1.82) is 0 Å². The van der Waals surface area contributed by atoms with Crippen LogP contribution in [0.4, 0.5) is 13.2 Å². The van der Waals surface area contributed by atoms with Gasteiger partial charge in [-0.25, -0.2) is 0 Å². The fourth-order valence-electron chi connectivity index (χ4n) is 1.91. The molecule has 0 spiro atoms. The third-order valence-electron chi connectivity index (χ3n) is 2.76. The first kappa shape index (κ1) is 15.0. The summed E-state index contributed by atoms with van der Waals surface area (Å²) in [6, 6.07) is 7.02. The van der Waals surface area contributed by atoms with Crippen LogP contribution in [0.15, 0.2) is 24.3 Å². The number of hydrogen-bond acceptors (Lipinski definition) is 1. The number of halogens is 3. The Labute approximate surface area is 106 Å². The number of nitrogens with two attached hydrogens (primary N) is 1. The molecule has 0 saturated carbocycles. The second-order valence-corrected chi connectivity index (χ2v) is 5.10. The second kappa shape index (κ2) is 6.23. The number of hydrogen-bond donors (Lipinski definition) is 1. The second-order valence-electron chi connectivity index (χ2n) is 5.10. The molecule has 1 atom stereocenters. The van der Waals surface area contributed by atoms with E-state index in [4.69, 9.17) is 5.73 Å². The van der Waals surface area contributed by atoms with E-state index < -0.39 is 18.6 Å². The largest absolute Gasteiger partial charge is 0.389 e. The van der Waals surface area contributed by atoms with Crippen LogP contribution < -0.4 is 5.73 Å². The average molecular weight is 259 g/mol. The third-order valence-corrected chi connectivity index (χ3v) is 2.76. The Kier molecular flexibility index (Phi) is 5.20. The maximum absolute atomic E-state index is 12.1. The Hall–Kier alpha value is -1.03. The summed E-state index contributed by atoms with van der Waals surface area (Å²) < 4.78 is 36.4. The minimum atomic E-state index is -4.13. The third kappa shape index (κ3) is 5.54. The average Bonchev–Trinajstić information content (AvgIpc) is 2.24. The van der Waals surface area contributed by atoms with Gasteiger partial charge in [-0.3, -0.25) is 0 Å². The fraction of sp³-hybridized carbons (Fsp3) is 0.571. The van der Waals surface area contributed by atoms with E-state index in [0.717, 1.165) is 17.5 Å². The molecule has 102 valence electrons. The van der Waals surface area contributed by atoms with Crippen molar-refractivity contribution in [3.8, 4) is 0 Å². The van der Waals surface area contributed by atoms with E-state index in [9.17, 15) is 13.2 Å². The van der Waals surface area contributed by atoms with E-state index in [1.807, 2.05) is 18.2 Å². The summed E-state index contributed by atoms with van der Waals surface area (Å²) in [7, 11) is 0. The summed E-state index contributed by atoms with van der Waals surface area (Å²) in [5, 5.41) is 0. The summed E-state index contributed by atoms with van der Waals surface area (Å²) in [4.78, 5) is 0. The standard InChI is InChI=1S/C14H20F3N/c1-10(2)8-11-4-3-5-12(9-11)13(18)6-7-14(15,16)17/h3-5,9-10,13H,6-8,18H2,1-2H3. The van der Waals surface area contributed by atoms with Crippen LogP contribution in [0, 0.1) is 5.92 Å². The van der Waals surface area contributed by atoms with E-state index in [2.05, 4.69) is 13.8 Å². The molecule has 1 aromatic rings. The lowest BCUT2D eigenvalue weighted by Gasteiger charge is -2.15. The van der Waals surface area contributed by atoms with Gasteiger partial charge in [0.2, 0.25) is 0 Å². The molecule has 1 rings (SSSR count).